The molecule has 0 heterocycles. The van der Waals surface area contributed by atoms with Gasteiger partial charge in [0, 0.05) is 6.07 Å². The SMILES string of the molecule is O=S(=O)(Nc1ccc(F)cc1F)c1ccccc1O. The van der Waals surface area contributed by atoms with E-state index in [0.29, 0.717) is 6.07 Å². The molecule has 0 saturated heterocycles. The Morgan fingerprint density at radius 2 is 1.74 bits per heavy atom. The van der Waals surface area contributed by atoms with Crippen molar-refractivity contribution in [1.82, 2.24) is 0 Å². The number of benzene rings is 2. The molecular formula is C12H9F2NO3S. The van der Waals surface area contributed by atoms with Gasteiger partial charge in [0.1, 0.15) is 22.3 Å². The lowest BCUT2D eigenvalue weighted by Crippen LogP contribution is -2.14. The maximum Gasteiger partial charge on any atom is 0.265 e. The zero-order valence-corrected chi connectivity index (χ0v) is 10.3. The van der Waals surface area contributed by atoms with Crippen LogP contribution in [-0.2, 0) is 10.0 Å². The highest BCUT2D eigenvalue weighted by molar-refractivity contribution is 7.92. The zero-order valence-electron chi connectivity index (χ0n) is 9.47. The maximum absolute atomic E-state index is 13.4. The van der Waals surface area contributed by atoms with Crippen molar-refractivity contribution in [3.05, 3.63) is 54.1 Å². The highest BCUT2D eigenvalue weighted by Crippen LogP contribution is 2.25. The van der Waals surface area contributed by atoms with Gasteiger partial charge in [-0.25, -0.2) is 17.2 Å². The van der Waals surface area contributed by atoms with Crippen molar-refractivity contribution in [2.45, 2.75) is 4.90 Å². The van der Waals surface area contributed by atoms with Gasteiger partial charge in [0.05, 0.1) is 5.69 Å². The lowest BCUT2D eigenvalue weighted by Gasteiger charge is -2.10. The van der Waals surface area contributed by atoms with E-state index in [1.54, 1.807) is 0 Å². The third kappa shape index (κ3) is 2.82. The fraction of sp³-hybridized carbons (Fsp3) is 0. The summed E-state index contributed by atoms with van der Waals surface area (Å²) in [6, 6.07) is 7.66. The minimum absolute atomic E-state index is 0.390. The van der Waals surface area contributed by atoms with Crippen LogP contribution in [0.4, 0.5) is 14.5 Å². The molecule has 0 aliphatic carbocycles. The number of rotatable bonds is 3. The molecule has 100 valence electrons. The first-order valence-corrected chi connectivity index (χ1v) is 6.64. The smallest absolute Gasteiger partial charge is 0.265 e. The quantitative estimate of drug-likeness (QED) is 0.910. The van der Waals surface area contributed by atoms with Crippen LogP contribution in [0, 0.1) is 11.6 Å². The summed E-state index contributed by atoms with van der Waals surface area (Å²) in [5.74, 6) is -2.32. The maximum atomic E-state index is 13.4. The second kappa shape index (κ2) is 4.85. The van der Waals surface area contributed by atoms with Gasteiger partial charge in [-0.05, 0) is 24.3 Å². The number of para-hydroxylation sites is 1. The van der Waals surface area contributed by atoms with Crippen LogP contribution < -0.4 is 4.72 Å². The third-order valence-electron chi connectivity index (χ3n) is 2.33. The zero-order chi connectivity index (χ0) is 14.0. The Bertz CT molecular complexity index is 717. The molecule has 19 heavy (non-hydrogen) atoms. The fourth-order valence-electron chi connectivity index (χ4n) is 1.46. The molecule has 2 N–H and O–H groups in total. The number of hydrogen-bond donors (Lipinski definition) is 2. The lowest BCUT2D eigenvalue weighted by molar-refractivity contribution is 0.459. The van der Waals surface area contributed by atoms with Crippen molar-refractivity contribution in [3.63, 3.8) is 0 Å². The molecule has 7 heteroatoms. The van der Waals surface area contributed by atoms with Crippen LogP contribution in [0.3, 0.4) is 0 Å². The first kappa shape index (κ1) is 13.3. The number of nitrogens with one attached hydrogen (secondary N) is 1. The minimum atomic E-state index is -4.14. The largest absolute Gasteiger partial charge is 0.507 e. The van der Waals surface area contributed by atoms with E-state index in [2.05, 4.69) is 0 Å². The number of sulfonamides is 1. The molecule has 2 rings (SSSR count). The summed E-state index contributed by atoms with van der Waals surface area (Å²) in [6.07, 6.45) is 0. The predicted octanol–water partition coefficient (Wildman–Crippen LogP) is 2.47. The van der Waals surface area contributed by atoms with E-state index in [1.165, 1.54) is 24.3 Å². The van der Waals surface area contributed by atoms with Crippen molar-refractivity contribution in [3.8, 4) is 5.75 Å². The summed E-state index contributed by atoms with van der Waals surface area (Å²) >= 11 is 0. The lowest BCUT2D eigenvalue weighted by atomic mass is 10.3. The van der Waals surface area contributed by atoms with Crippen LogP contribution in [0.15, 0.2) is 47.4 Å². The summed E-state index contributed by atoms with van der Waals surface area (Å²) in [5.41, 5.74) is -0.398. The van der Waals surface area contributed by atoms with Gasteiger partial charge in [-0.15, -0.1) is 0 Å². The predicted molar refractivity (Wildman–Crippen MR) is 65.3 cm³/mol. The average Bonchev–Trinajstić information content (AvgIpc) is 2.33. The van der Waals surface area contributed by atoms with Gasteiger partial charge in [-0.2, -0.15) is 0 Å². The third-order valence-corrected chi connectivity index (χ3v) is 3.74. The topological polar surface area (TPSA) is 66.4 Å². The second-order valence-electron chi connectivity index (χ2n) is 3.70. The normalized spacial score (nSPS) is 11.3. The van der Waals surface area contributed by atoms with Crippen LogP contribution in [-0.4, -0.2) is 13.5 Å². The van der Waals surface area contributed by atoms with Crippen molar-refractivity contribution in [1.29, 1.82) is 0 Å². The number of halogens is 2. The number of phenols is 1. The van der Waals surface area contributed by atoms with E-state index in [9.17, 15) is 22.3 Å². The Labute approximate surface area is 108 Å². The molecule has 0 spiro atoms. The molecule has 0 aliphatic rings. The van der Waals surface area contributed by atoms with E-state index in [1.807, 2.05) is 4.72 Å². The summed E-state index contributed by atoms with van der Waals surface area (Å²) in [4.78, 5) is -0.390. The summed E-state index contributed by atoms with van der Waals surface area (Å²) in [5, 5.41) is 9.46. The highest BCUT2D eigenvalue weighted by atomic mass is 32.2. The van der Waals surface area contributed by atoms with Gasteiger partial charge < -0.3 is 5.11 Å². The number of anilines is 1. The van der Waals surface area contributed by atoms with Crippen LogP contribution in [0.5, 0.6) is 5.75 Å². The van der Waals surface area contributed by atoms with Crippen LogP contribution in [0.2, 0.25) is 0 Å². The summed E-state index contributed by atoms with van der Waals surface area (Å²) < 4.78 is 51.9. The molecule has 0 amide bonds. The molecule has 2 aromatic rings. The van der Waals surface area contributed by atoms with E-state index < -0.39 is 38.0 Å². The first-order valence-electron chi connectivity index (χ1n) is 5.16. The Hall–Kier alpha value is -2.15. The molecule has 0 bridgehead atoms. The molecule has 0 saturated carbocycles. The number of phenolic OH excluding ortho intramolecular Hbond substituents is 1. The fourth-order valence-corrected chi connectivity index (χ4v) is 2.62. The Morgan fingerprint density at radius 3 is 2.37 bits per heavy atom. The highest BCUT2D eigenvalue weighted by Gasteiger charge is 2.19. The van der Waals surface area contributed by atoms with E-state index in [-0.39, 0.29) is 0 Å². The van der Waals surface area contributed by atoms with Gasteiger partial charge in [0.2, 0.25) is 0 Å². The molecule has 0 unspecified atom stereocenters. The molecule has 0 atom stereocenters. The minimum Gasteiger partial charge on any atom is -0.507 e. The molecule has 4 nitrogen and oxygen atoms in total. The average molecular weight is 285 g/mol. The molecular weight excluding hydrogens is 276 g/mol. The van der Waals surface area contributed by atoms with Crippen LogP contribution in [0.1, 0.15) is 0 Å². The Morgan fingerprint density at radius 1 is 1.05 bits per heavy atom. The van der Waals surface area contributed by atoms with E-state index >= 15 is 0 Å². The van der Waals surface area contributed by atoms with Gasteiger partial charge in [-0.3, -0.25) is 4.72 Å². The van der Waals surface area contributed by atoms with Crippen molar-refractivity contribution >= 4 is 15.7 Å². The molecule has 0 aliphatic heterocycles. The van der Waals surface area contributed by atoms with Gasteiger partial charge >= 0.3 is 0 Å². The van der Waals surface area contributed by atoms with Crippen molar-refractivity contribution in [2.24, 2.45) is 0 Å². The van der Waals surface area contributed by atoms with Crippen molar-refractivity contribution in [2.75, 3.05) is 4.72 Å². The number of hydrogen-bond acceptors (Lipinski definition) is 3. The molecule has 0 radical (unpaired) electrons. The Kier molecular flexibility index (Phi) is 3.39. The van der Waals surface area contributed by atoms with Crippen molar-refractivity contribution < 1.29 is 22.3 Å². The first-order chi connectivity index (χ1) is 8.90. The monoisotopic (exact) mass is 285 g/mol. The molecule has 0 aromatic heterocycles. The summed E-state index contributed by atoms with van der Waals surface area (Å²) in [7, 11) is -4.14. The molecule has 0 fully saturated rings. The van der Waals surface area contributed by atoms with E-state index in [4.69, 9.17) is 0 Å². The second-order valence-corrected chi connectivity index (χ2v) is 5.35. The summed E-state index contributed by atoms with van der Waals surface area (Å²) in [6.45, 7) is 0. The van der Waals surface area contributed by atoms with Gasteiger partial charge in [-0.1, -0.05) is 12.1 Å². The van der Waals surface area contributed by atoms with Gasteiger partial charge in [0.15, 0.2) is 0 Å². The van der Waals surface area contributed by atoms with Crippen LogP contribution in [0.25, 0.3) is 0 Å². The molecule has 2 aromatic carbocycles. The number of aromatic hydroxyl groups is 1. The van der Waals surface area contributed by atoms with E-state index in [0.717, 1.165) is 12.1 Å². The Balaban J connectivity index is 2.40. The standard InChI is InChI=1S/C12H9F2NO3S/c13-8-5-6-10(9(14)7-8)15-19(17,18)12-4-2-1-3-11(12)16/h1-7,15-16H. The van der Waals surface area contributed by atoms with Gasteiger partial charge in [0.25, 0.3) is 10.0 Å². The van der Waals surface area contributed by atoms with Crippen LogP contribution >= 0.6 is 0 Å².